The van der Waals surface area contributed by atoms with Gasteiger partial charge in [-0.3, -0.25) is 0 Å². The first-order valence-corrected chi connectivity index (χ1v) is 7.32. The van der Waals surface area contributed by atoms with E-state index in [9.17, 15) is 0 Å². The maximum atomic E-state index is 5.91. The number of benzene rings is 1. The summed E-state index contributed by atoms with van der Waals surface area (Å²) >= 11 is 5.91. The number of rotatable bonds is 4. The third-order valence-corrected chi connectivity index (χ3v) is 3.74. The highest BCUT2D eigenvalue weighted by atomic mass is 35.5. The second-order valence-electron chi connectivity index (χ2n) is 4.95. The maximum Gasteiger partial charge on any atom is 0.126 e. The molecule has 0 fully saturated rings. The van der Waals surface area contributed by atoms with Crippen LogP contribution < -0.4 is 0 Å². The summed E-state index contributed by atoms with van der Waals surface area (Å²) in [5, 5.41) is 0. The number of aryl methyl sites for hydroxylation is 2. The van der Waals surface area contributed by atoms with Gasteiger partial charge in [-0.25, -0.2) is 4.98 Å². The lowest BCUT2D eigenvalue weighted by Gasteiger charge is -2.15. The topological polar surface area (TPSA) is 31.0 Å². The van der Waals surface area contributed by atoms with E-state index in [0.29, 0.717) is 5.88 Å². The molecule has 3 nitrogen and oxygen atoms in total. The van der Waals surface area contributed by atoms with Gasteiger partial charge in [-0.2, -0.15) is 0 Å². The van der Waals surface area contributed by atoms with Gasteiger partial charge in [0.05, 0.1) is 17.1 Å². The number of hydrogen-bond donors (Lipinski definition) is 0. The predicted octanol–water partition coefficient (Wildman–Crippen LogP) is 4.33. The van der Waals surface area contributed by atoms with Crippen molar-refractivity contribution in [2.45, 2.75) is 26.3 Å². The molecular weight excluding hydrogens is 272 g/mol. The largest absolute Gasteiger partial charge is 0.464 e. The van der Waals surface area contributed by atoms with Crippen molar-refractivity contribution in [3.05, 3.63) is 53.7 Å². The van der Waals surface area contributed by atoms with Crippen LogP contribution in [0.25, 0.3) is 11.0 Å². The van der Waals surface area contributed by atoms with Crippen molar-refractivity contribution in [3.63, 3.8) is 0 Å². The van der Waals surface area contributed by atoms with E-state index in [-0.39, 0.29) is 6.04 Å². The van der Waals surface area contributed by atoms with Crippen LogP contribution in [0.4, 0.5) is 0 Å². The van der Waals surface area contributed by atoms with Crippen molar-refractivity contribution in [2.24, 2.45) is 0 Å². The molecule has 1 atom stereocenters. The van der Waals surface area contributed by atoms with Crippen LogP contribution in [0.2, 0.25) is 0 Å². The van der Waals surface area contributed by atoms with Crippen molar-refractivity contribution in [1.82, 2.24) is 9.55 Å². The normalized spacial score (nSPS) is 12.9. The Bertz CT molecular complexity index is 729. The lowest BCUT2D eigenvalue weighted by Crippen LogP contribution is -2.10. The highest BCUT2D eigenvalue weighted by Crippen LogP contribution is 2.27. The summed E-state index contributed by atoms with van der Waals surface area (Å²) in [6.45, 7) is 4.09. The van der Waals surface area contributed by atoms with Crippen LogP contribution in [0.3, 0.4) is 0 Å². The van der Waals surface area contributed by atoms with Crippen LogP contribution in [0.1, 0.15) is 30.3 Å². The van der Waals surface area contributed by atoms with Gasteiger partial charge in [0.2, 0.25) is 0 Å². The molecule has 0 aliphatic heterocycles. The van der Waals surface area contributed by atoms with Crippen molar-refractivity contribution in [3.8, 4) is 0 Å². The van der Waals surface area contributed by atoms with Gasteiger partial charge >= 0.3 is 0 Å². The van der Waals surface area contributed by atoms with E-state index >= 15 is 0 Å². The molecule has 2 aromatic heterocycles. The first-order valence-electron chi connectivity index (χ1n) is 6.79. The second kappa shape index (κ2) is 5.33. The predicted molar refractivity (Wildman–Crippen MR) is 81.4 cm³/mol. The average Bonchev–Trinajstić information content (AvgIpc) is 3.02. The average molecular weight is 289 g/mol. The van der Waals surface area contributed by atoms with Crippen molar-refractivity contribution in [1.29, 1.82) is 0 Å². The first kappa shape index (κ1) is 13.3. The molecule has 2 heterocycles. The number of imidazole rings is 1. The summed E-state index contributed by atoms with van der Waals surface area (Å²) in [5.41, 5.74) is 2.12. The molecule has 1 unspecified atom stereocenters. The van der Waals surface area contributed by atoms with Gasteiger partial charge in [-0.1, -0.05) is 12.1 Å². The number of furan rings is 1. The van der Waals surface area contributed by atoms with Crippen molar-refractivity contribution in [2.75, 3.05) is 5.88 Å². The van der Waals surface area contributed by atoms with Gasteiger partial charge in [-0.15, -0.1) is 11.6 Å². The first-order chi connectivity index (χ1) is 9.70. The molecule has 3 aromatic rings. The number of fused-ring (bicyclic) bond motifs is 1. The summed E-state index contributed by atoms with van der Waals surface area (Å²) < 4.78 is 7.99. The Morgan fingerprint density at radius 1 is 1.25 bits per heavy atom. The van der Waals surface area contributed by atoms with E-state index in [4.69, 9.17) is 21.0 Å². The Labute approximate surface area is 123 Å². The lowest BCUT2D eigenvalue weighted by molar-refractivity contribution is 0.428. The number of alkyl halides is 1. The Morgan fingerprint density at radius 3 is 2.75 bits per heavy atom. The van der Waals surface area contributed by atoms with Gasteiger partial charge in [0.15, 0.2) is 0 Å². The van der Waals surface area contributed by atoms with E-state index in [1.54, 1.807) is 0 Å². The minimum Gasteiger partial charge on any atom is -0.464 e. The van der Waals surface area contributed by atoms with Crippen LogP contribution in [-0.4, -0.2) is 15.4 Å². The molecule has 0 bridgehead atoms. The Morgan fingerprint density at radius 2 is 2.05 bits per heavy atom. The number of hydrogen-bond acceptors (Lipinski definition) is 2. The molecule has 0 N–H and O–H groups in total. The lowest BCUT2D eigenvalue weighted by atomic mass is 10.2. The third-order valence-electron chi connectivity index (χ3n) is 3.55. The van der Waals surface area contributed by atoms with Gasteiger partial charge in [-0.05, 0) is 38.1 Å². The molecule has 20 heavy (non-hydrogen) atoms. The summed E-state index contributed by atoms with van der Waals surface area (Å²) in [6, 6.07) is 12.3. The fraction of sp³-hybridized carbons (Fsp3) is 0.312. The van der Waals surface area contributed by atoms with Crippen LogP contribution in [0.15, 0.2) is 40.8 Å². The summed E-state index contributed by atoms with van der Waals surface area (Å²) in [5.74, 6) is 3.44. The molecule has 104 valence electrons. The van der Waals surface area contributed by atoms with Crippen molar-refractivity contribution >= 4 is 22.6 Å². The van der Waals surface area contributed by atoms with Crippen LogP contribution in [0, 0.1) is 6.92 Å². The third kappa shape index (κ3) is 2.22. The van der Waals surface area contributed by atoms with Crippen LogP contribution >= 0.6 is 11.6 Å². The van der Waals surface area contributed by atoms with E-state index in [1.165, 1.54) is 0 Å². The molecule has 4 heteroatoms. The van der Waals surface area contributed by atoms with Gasteiger partial charge in [0, 0.05) is 12.3 Å². The van der Waals surface area contributed by atoms with Crippen LogP contribution in [0.5, 0.6) is 0 Å². The molecule has 0 saturated heterocycles. The zero-order valence-corrected chi connectivity index (χ0v) is 12.4. The quantitative estimate of drug-likeness (QED) is 0.669. The number of nitrogens with zero attached hydrogens (tertiary/aromatic N) is 2. The monoisotopic (exact) mass is 288 g/mol. The van der Waals surface area contributed by atoms with E-state index in [0.717, 1.165) is 34.8 Å². The Balaban J connectivity index is 2.15. The summed E-state index contributed by atoms with van der Waals surface area (Å²) in [7, 11) is 0. The fourth-order valence-corrected chi connectivity index (χ4v) is 2.76. The maximum absolute atomic E-state index is 5.91. The smallest absolute Gasteiger partial charge is 0.126 e. The zero-order chi connectivity index (χ0) is 14.1. The molecule has 1 aromatic carbocycles. The molecule has 3 rings (SSSR count). The molecular formula is C16H17ClN2O. The highest BCUT2D eigenvalue weighted by Gasteiger charge is 2.18. The number of aromatic nitrogens is 2. The summed E-state index contributed by atoms with van der Waals surface area (Å²) in [6.07, 6.45) is 0.750. The number of halogens is 1. The van der Waals surface area contributed by atoms with Gasteiger partial charge < -0.3 is 8.98 Å². The SMILES string of the molecule is Cc1ccc(C(C)n2c(CCCl)nc3ccccc32)o1. The van der Waals surface area contributed by atoms with Crippen LogP contribution in [-0.2, 0) is 6.42 Å². The van der Waals surface area contributed by atoms with Gasteiger partial charge in [0.1, 0.15) is 17.3 Å². The fourth-order valence-electron chi connectivity index (χ4n) is 2.59. The number of para-hydroxylation sites is 2. The minimum absolute atomic E-state index is 0.106. The zero-order valence-electron chi connectivity index (χ0n) is 11.6. The summed E-state index contributed by atoms with van der Waals surface area (Å²) in [4.78, 5) is 4.69. The second-order valence-corrected chi connectivity index (χ2v) is 5.33. The van der Waals surface area contributed by atoms with E-state index in [2.05, 4.69) is 17.6 Å². The molecule has 0 amide bonds. The van der Waals surface area contributed by atoms with E-state index < -0.39 is 0 Å². The Kier molecular flexibility index (Phi) is 3.53. The molecule has 0 radical (unpaired) electrons. The molecule has 0 spiro atoms. The molecule has 0 aliphatic carbocycles. The minimum atomic E-state index is 0.106. The van der Waals surface area contributed by atoms with E-state index in [1.807, 2.05) is 37.3 Å². The molecule has 0 saturated carbocycles. The highest BCUT2D eigenvalue weighted by molar-refractivity contribution is 6.17. The van der Waals surface area contributed by atoms with Crippen molar-refractivity contribution < 1.29 is 4.42 Å². The molecule has 0 aliphatic rings. The Hall–Kier alpha value is -1.74. The standard InChI is InChI=1S/C16H17ClN2O/c1-11-7-8-15(20-11)12(2)19-14-6-4-3-5-13(14)18-16(19)9-10-17/h3-8,12H,9-10H2,1-2H3. The van der Waals surface area contributed by atoms with Gasteiger partial charge in [0.25, 0.3) is 0 Å².